The van der Waals surface area contributed by atoms with Gasteiger partial charge in [0.15, 0.2) is 18.2 Å². The summed E-state index contributed by atoms with van der Waals surface area (Å²) in [6.45, 7) is 3.67. The molecule has 8 heteroatoms. The summed E-state index contributed by atoms with van der Waals surface area (Å²) in [5, 5.41) is 2.53. The first-order chi connectivity index (χ1) is 10.8. The van der Waals surface area contributed by atoms with Crippen molar-refractivity contribution in [1.29, 1.82) is 0 Å². The van der Waals surface area contributed by atoms with Crippen LogP contribution in [0, 0.1) is 13.8 Å². The van der Waals surface area contributed by atoms with Crippen molar-refractivity contribution in [3.8, 4) is 5.75 Å². The smallest absolute Gasteiger partial charge is 0.263 e. The Bertz CT molecular complexity index is 894. The van der Waals surface area contributed by atoms with Gasteiger partial charge in [-0.2, -0.15) is 0 Å². The molecule has 2 heterocycles. The predicted octanol–water partition coefficient (Wildman–Crippen LogP) is 1.83. The number of rotatable bonds is 3. The highest BCUT2D eigenvalue weighted by Gasteiger charge is 2.20. The molecule has 0 saturated carbocycles. The highest BCUT2D eigenvalue weighted by atomic mass is 32.2. The number of pyridine rings is 1. The lowest BCUT2D eigenvalue weighted by molar-refractivity contribution is -0.118. The lowest BCUT2D eigenvalue weighted by atomic mass is 10.1. The molecule has 2 aromatic rings. The fourth-order valence-electron chi connectivity index (χ4n) is 2.10. The molecule has 3 rings (SSSR count). The number of sulfonamides is 1. The highest BCUT2D eigenvalue weighted by Crippen LogP contribution is 2.28. The molecule has 1 aromatic carbocycles. The summed E-state index contributed by atoms with van der Waals surface area (Å²) in [4.78, 5) is 15.5. The number of hydrogen-bond donors (Lipinski definition) is 2. The maximum absolute atomic E-state index is 12.4. The number of aryl methyl sites for hydroxylation is 2. The van der Waals surface area contributed by atoms with Crippen molar-refractivity contribution in [3.05, 3.63) is 41.5 Å². The summed E-state index contributed by atoms with van der Waals surface area (Å²) in [7, 11) is -3.76. The summed E-state index contributed by atoms with van der Waals surface area (Å²) in [5.74, 6) is 0.368. The minimum absolute atomic E-state index is 0.0810. The van der Waals surface area contributed by atoms with Crippen molar-refractivity contribution < 1.29 is 17.9 Å². The van der Waals surface area contributed by atoms with Crippen LogP contribution in [0.15, 0.2) is 35.2 Å². The van der Waals surface area contributed by atoms with E-state index in [1.54, 1.807) is 18.2 Å². The Morgan fingerprint density at radius 1 is 1.17 bits per heavy atom. The normalized spacial score (nSPS) is 13.7. The molecule has 2 N–H and O–H groups in total. The van der Waals surface area contributed by atoms with Crippen molar-refractivity contribution in [2.75, 3.05) is 16.6 Å². The number of nitrogens with one attached hydrogen (secondary N) is 2. The minimum atomic E-state index is -3.76. The number of anilines is 2. The van der Waals surface area contributed by atoms with Crippen molar-refractivity contribution in [2.45, 2.75) is 18.7 Å². The van der Waals surface area contributed by atoms with E-state index in [-0.39, 0.29) is 29.0 Å². The average Bonchev–Trinajstić information content (AvgIpc) is 2.49. The largest absolute Gasteiger partial charge is 0.480 e. The molecule has 0 radical (unpaired) electrons. The Kier molecular flexibility index (Phi) is 3.69. The average molecular weight is 333 g/mol. The Morgan fingerprint density at radius 3 is 2.70 bits per heavy atom. The van der Waals surface area contributed by atoms with Gasteiger partial charge in [-0.15, -0.1) is 0 Å². The Morgan fingerprint density at radius 2 is 1.96 bits per heavy atom. The van der Waals surface area contributed by atoms with E-state index in [1.807, 2.05) is 13.8 Å². The second-order valence-corrected chi connectivity index (χ2v) is 6.91. The van der Waals surface area contributed by atoms with Gasteiger partial charge in [0.25, 0.3) is 15.9 Å². The molecule has 23 heavy (non-hydrogen) atoms. The first-order valence-electron chi connectivity index (χ1n) is 6.89. The summed E-state index contributed by atoms with van der Waals surface area (Å²) >= 11 is 0. The molecule has 7 nitrogen and oxygen atoms in total. The molecule has 1 aliphatic rings. The molecule has 1 aromatic heterocycles. The van der Waals surface area contributed by atoms with Gasteiger partial charge in [-0.05, 0) is 49.2 Å². The second-order valence-electron chi connectivity index (χ2n) is 5.23. The van der Waals surface area contributed by atoms with E-state index in [9.17, 15) is 13.2 Å². The number of fused-ring (bicyclic) bond motifs is 1. The first-order valence-corrected chi connectivity index (χ1v) is 8.37. The van der Waals surface area contributed by atoms with Crippen LogP contribution in [0.25, 0.3) is 0 Å². The molecule has 0 spiro atoms. The number of benzene rings is 1. The van der Waals surface area contributed by atoms with Crippen LogP contribution < -0.4 is 14.8 Å². The van der Waals surface area contributed by atoms with Crippen LogP contribution in [0.2, 0.25) is 0 Å². The molecule has 1 aliphatic heterocycles. The van der Waals surface area contributed by atoms with Crippen LogP contribution in [0.3, 0.4) is 0 Å². The fourth-order valence-corrected chi connectivity index (χ4v) is 3.18. The SMILES string of the molecule is Cc1ccc(S(=O)(=O)Nc2ccc3c(n2)NC(=O)CO3)cc1C. The fraction of sp³-hybridized carbons (Fsp3) is 0.200. The van der Waals surface area contributed by atoms with E-state index < -0.39 is 10.0 Å². The summed E-state index contributed by atoms with van der Waals surface area (Å²) < 4.78 is 32.4. The quantitative estimate of drug-likeness (QED) is 0.893. The number of nitrogens with zero attached hydrogens (tertiary/aromatic N) is 1. The van der Waals surface area contributed by atoms with E-state index in [1.165, 1.54) is 12.1 Å². The first kappa shape index (κ1) is 15.3. The standard InChI is InChI=1S/C15H15N3O4S/c1-9-3-4-11(7-10(9)2)23(20,21)18-13-6-5-12-15(16-13)17-14(19)8-22-12/h3-7H,8H2,1-2H3,(H2,16,17,18,19). The zero-order valence-electron chi connectivity index (χ0n) is 12.6. The monoisotopic (exact) mass is 333 g/mol. The Balaban J connectivity index is 1.90. The van der Waals surface area contributed by atoms with E-state index in [0.717, 1.165) is 11.1 Å². The topological polar surface area (TPSA) is 97.4 Å². The van der Waals surface area contributed by atoms with Crippen LogP contribution >= 0.6 is 0 Å². The third kappa shape index (κ3) is 3.11. The number of carbonyl (C=O) groups excluding carboxylic acids is 1. The van der Waals surface area contributed by atoms with Gasteiger partial charge in [0.2, 0.25) is 0 Å². The number of ether oxygens (including phenoxy) is 1. The van der Waals surface area contributed by atoms with Gasteiger partial charge in [-0.1, -0.05) is 6.07 Å². The van der Waals surface area contributed by atoms with E-state index in [4.69, 9.17) is 4.74 Å². The molecular formula is C15H15N3O4S. The van der Waals surface area contributed by atoms with Gasteiger partial charge < -0.3 is 10.1 Å². The van der Waals surface area contributed by atoms with Crippen LogP contribution in [0.4, 0.5) is 11.6 Å². The molecule has 0 fully saturated rings. The highest BCUT2D eigenvalue weighted by molar-refractivity contribution is 7.92. The van der Waals surface area contributed by atoms with E-state index in [0.29, 0.717) is 5.75 Å². The van der Waals surface area contributed by atoms with Gasteiger partial charge in [0.1, 0.15) is 5.82 Å². The second kappa shape index (κ2) is 5.54. The molecule has 0 bridgehead atoms. The van der Waals surface area contributed by atoms with Crippen molar-refractivity contribution >= 4 is 27.6 Å². The molecule has 0 unspecified atom stereocenters. The third-order valence-electron chi connectivity index (χ3n) is 3.50. The van der Waals surface area contributed by atoms with Gasteiger partial charge in [-0.3, -0.25) is 9.52 Å². The van der Waals surface area contributed by atoms with Crippen molar-refractivity contribution in [2.24, 2.45) is 0 Å². The number of carbonyl (C=O) groups is 1. The molecular weight excluding hydrogens is 318 g/mol. The zero-order chi connectivity index (χ0) is 16.6. The lowest BCUT2D eigenvalue weighted by Crippen LogP contribution is -2.26. The Labute approximate surface area is 133 Å². The predicted molar refractivity (Wildman–Crippen MR) is 85.1 cm³/mol. The van der Waals surface area contributed by atoms with Crippen LogP contribution in [0.5, 0.6) is 5.75 Å². The summed E-state index contributed by atoms with van der Waals surface area (Å²) in [6, 6.07) is 7.92. The summed E-state index contributed by atoms with van der Waals surface area (Å²) in [6.07, 6.45) is 0. The van der Waals surface area contributed by atoms with Gasteiger partial charge in [0, 0.05) is 0 Å². The minimum Gasteiger partial charge on any atom is -0.480 e. The van der Waals surface area contributed by atoms with Gasteiger partial charge >= 0.3 is 0 Å². The molecule has 0 aliphatic carbocycles. The maximum Gasteiger partial charge on any atom is 0.263 e. The molecule has 120 valence electrons. The third-order valence-corrected chi connectivity index (χ3v) is 4.85. The Hall–Kier alpha value is -2.61. The van der Waals surface area contributed by atoms with E-state index >= 15 is 0 Å². The molecule has 1 amide bonds. The zero-order valence-corrected chi connectivity index (χ0v) is 13.4. The maximum atomic E-state index is 12.4. The number of hydrogen-bond acceptors (Lipinski definition) is 5. The van der Waals surface area contributed by atoms with Crippen LogP contribution in [-0.4, -0.2) is 25.9 Å². The summed E-state index contributed by atoms with van der Waals surface area (Å²) in [5.41, 5.74) is 1.89. The van der Waals surface area contributed by atoms with Gasteiger partial charge in [0.05, 0.1) is 4.90 Å². The lowest BCUT2D eigenvalue weighted by Gasteiger charge is -2.17. The van der Waals surface area contributed by atoms with E-state index in [2.05, 4.69) is 15.0 Å². The number of aromatic nitrogens is 1. The van der Waals surface area contributed by atoms with Crippen LogP contribution in [0.1, 0.15) is 11.1 Å². The molecule has 0 atom stereocenters. The van der Waals surface area contributed by atoms with Gasteiger partial charge in [-0.25, -0.2) is 13.4 Å². The molecule has 0 saturated heterocycles. The van der Waals surface area contributed by atoms with Crippen molar-refractivity contribution in [3.63, 3.8) is 0 Å². The van der Waals surface area contributed by atoms with Crippen LogP contribution in [-0.2, 0) is 14.8 Å². The van der Waals surface area contributed by atoms with Crippen molar-refractivity contribution in [1.82, 2.24) is 4.98 Å². The number of amides is 1.